The Kier molecular flexibility index (Phi) is 7.15. The summed E-state index contributed by atoms with van der Waals surface area (Å²) in [5, 5.41) is 14.0. The minimum Gasteiger partial charge on any atom is -0.308 e. The lowest BCUT2D eigenvalue weighted by molar-refractivity contribution is 0.645. The molecule has 0 N–H and O–H groups in total. The first kappa shape index (κ1) is 38.8. The maximum absolute atomic E-state index is 5.44. The van der Waals surface area contributed by atoms with E-state index >= 15 is 0 Å². The zero-order chi connectivity index (χ0) is 46.0. The predicted molar refractivity (Wildman–Crippen MR) is 289 cm³/mol. The Hall–Kier alpha value is -7.17. The van der Waals surface area contributed by atoms with Crippen LogP contribution in [0.2, 0.25) is 0 Å². The highest BCUT2D eigenvalue weighted by atomic mass is 32.1. The normalized spacial score (nSPS) is 15.7. The molecule has 10 heterocycles. The summed E-state index contributed by atoms with van der Waals surface area (Å²) < 4.78 is 7.44. The number of para-hydroxylation sites is 3. The van der Waals surface area contributed by atoms with Gasteiger partial charge < -0.3 is 13.7 Å². The molecule has 0 aliphatic carbocycles. The lowest BCUT2D eigenvalue weighted by atomic mass is 9.79. The molecule has 0 amide bonds. The van der Waals surface area contributed by atoms with Gasteiger partial charge in [0.05, 0.1) is 50.2 Å². The Balaban J connectivity index is 0.941. The third kappa shape index (κ3) is 4.69. The fourth-order valence-corrected chi connectivity index (χ4v) is 15.9. The van der Waals surface area contributed by atoms with E-state index in [0.29, 0.717) is 17.5 Å². The van der Waals surface area contributed by atoms with E-state index in [4.69, 9.17) is 15.0 Å². The molecule has 16 rings (SSSR count). The molecule has 0 fully saturated rings. The molecule has 6 nitrogen and oxygen atoms in total. The SMILES string of the molecule is CC1(C)c2sccc2-n2c3ccc(-c4nc(-c5ccc6c(c5)c5cccc7c5n6-c5ccsc5C7(C)C)nc(-c5ccc6c(c5)c5cccc7c5n6-c5ccsc5C7(C)C)n4)cc3c3cccc1c32. The summed E-state index contributed by atoms with van der Waals surface area (Å²) in [6.45, 7) is 14.2. The van der Waals surface area contributed by atoms with Crippen molar-refractivity contribution in [2.24, 2.45) is 0 Å². The van der Waals surface area contributed by atoms with Crippen LogP contribution in [0.5, 0.6) is 0 Å². The summed E-state index contributed by atoms with van der Waals surface area (Å²) in [6.07, 6.45) is 0. The van der Waals surface area contributed by atoms with Gasteiger partial charge in [-0.15, -0.1) is 34.0 Å². The van der Waals surface area contributed by atoms with E-state index in [1.165, 1.54) is 114 Å². The smallest absolute Gasteiger partial charge is 0.164 e. The molecule has 0 bridgehead atoms. The fourth-order valence-electron chi connectivity index (χ4n) is 12.9. The Morgan fingerprint density at radius 2 is 0.652 bits per heavy atom. The van der Waals surface area contributed by atoms with Crippen LogP contribution in [0, 0.1) is 0 Å². The summed E-state index contributed by atoms with van der Waals surface area (Å²) >= 11 is 5.55. The van der Waals surface area contributed by atoms with E-state index < -0.39 is 0 Å². The number of hydrogen-bond acceptors (Lipinski definition) is 6. The van der Waals surface area contributed by atoms with Crippen molar-refractivity contribution in [1.29, 1.82) is 0 Å². The van der Waals surface area contributed by atoms with E-state index in [2.05, 4.69) is 199 Å². The number of benzene rings is 6. The maximum Gasteiger partial charge on any atom is 0.164 e. The second kappa shape index (κ2) is 12.7. The van der Waals surface area contributed by atoms with Crippen molar-refractivity contribution in [3.63, 3.8) is 0 Å². The van der Waals surface area contributed by atoms with Crippen molar-refractivity contribution < 1.29 is 0 Å². The van der Waals surface area contributed by atoms with E-state index in [9.17, 15) is 0 Å². The molecule has 7 aromatic heterocycles. The minimum atomic E-state index is -0.0991. The van der Waals surface area contributed by atoms with Gasteiger partial charge in [-0.1, -0.05) is 96.1 Å². The van der Waals surface area contributed by atoms with Crippen molar-refractivity contribution in [1.82, 2.24) is 28.7 Å². The molecule has 0 saturated carbocycles. The van der Waals surface area contributed by atoms with Gasteiger partial charge >= 0.3 is 0 Å². The van der Waals surface area contributed by atoms with Crippen LogP contribution < -0.4 is 0 Å². The van der Waals surface area contributed by atoms with Crippen LogP contribution in [0.1, 0.15) is 72.9 Å². The molecular weight excluding hydrogens is 901 g/mol. The van der Waals surface area contributed by atoms with Gasteiger partial charge in [0.15, 0.2) is 17.5 Å². The average Bonchev–Trinajstić information content (AvgIpc) is 4.23. The monoisotopic (exact) mass is 942 g/mol. The molecule has 0 spiro atoms. The van der Waals surface area contributed by atoms with Crippen LogP contribution in [0.15, 0.2) is 144 Å². The molecule has 6 aromatic carbocycles. The van der Waals surface area contributed by atoms with E-state index in [1.54, 1.807) is 0 Å². The van der Waals surface area contributed by atoms with Crippen LogP contribution in [0.3, 0.4) is 0 Å². The maximum atomic E-state index is 5.44. The highest BCUT2D eigenvalue weighted by Crippen LogP contribution is 2.53. The lowest BCUT2D eigenvalue weighted by Crippen LogP contribution is -2.24. The standard InChI is InChI=1S/C60H42N6S3/c1-58(2)40-13-7-10-34-37-28-31(16-19-43(37)64(49(34)40)46-22-25-67-52(46)58)55-61-56(32-17-20-44-38(29-32)35-11-8-14-41-50(35)65(44)47-23-26-68-53(47)59(41,3)4)63-57(62-55)33-18-21-45-39(30-33)36-12-9-15-42-51(36)66(45)48-24-27-69-54(48)60(42,5)6/h7-30H,1-6H3. The largest absolute Gasteiger partial charge is 0.308 e. The zero-order valence-corrected chi connectivity index (χ0v) is 41.2. The topological polar surface area (TPSA) is 53.5 Å². The first-order valence-electron chi connectivity index (χ1n) is 23.7. The number of aromatic nitrogens is 6. The predicted octanol–water partition coefficient (Wildman–Crippen LogP) is 16.3. The molecule has 3 aliphatic heterocycles. The Labute approximate surface area is 409 Å². The van der Waals surface area contributed by atoms with Crippen LogP contribution in [-0.4, -0.2) is 28.7 Å². The average molecular weight is 943 g/mol. The van der Waals surface area contributed by atoms with Gasteiger partial charge in [0.2, 0.25) is 0 Å². The third-order valence-corrected chi connectivity index (χ3v) is 19.8. The van der Waals surface area contributed by atoms with Gasteiger partial charge in [-0.3, -0.25) is 0 Å². The summed E-state index contributed by atoms with van der Waals surface area (Å²) in [6, 6.07) is 47.7. The highest BCUT2D eigenvalue weighted by Gasteiger charge is 2.39. The summed E-state index contributed by atoms with van der Waals surface area (Å²) in [7, 11) is 0. The molecule has 69 heavy (non-hydrogen) atoms. The number of thiophene rings is 3. The number of hydrogen-bond donors (Lipinski definition) is 0. The first-order chi connectivity index (χ1) is 33.5. The molecule has 13 aromatic rings. The van der Waals surface area contributed by atoms with E-state index in [1.807, 2.05) is 34.0 Å². The highest BCUT2D eigenvalue weighted by molar-refractivity contribution is 7.11. The summed E-state index contributed by atoms with van der Waals surface area (Å²) in [4.78, 5) is 20.5. The van der Waals surface area contributed by atoms with Crippen molar-refractivity contribution in [2.45, 2.75) is 57.8 Å². The van der Waals surface area contributed by atoms with Crippen LogP contribution in [-0.2, 0) is 16.2 Å². The quantitative estimate of drug-likeness (QED) is 0.177. The van der Waals surface area contributed by atoms with Gasteiger partial charge in [0.25, 0.3) is 0 Å². The molecule has 0 unspecified atom stereocenters. The van der Waals surface area contributed by atoms with Crippen molar-refractivity contribution in [3.8, 4) is 51.2 Å². The van der Waals surface area contributed by atoms with E-state index in [-0.39, 0.29) is 16.2 Å². The Morgan fingerprint density at radius 3 is 0.957 bits per heavy atom. The van der Waals surface area contributed by atoms with Crippen LogP contribution in [0.25, 0.3) is 117 Å². The second-order valence-corrected chi connectivity index (χ2v) is 23.6. The molecule has 0 atom stereocenters. The molecule has 0 saturated heterocycles. The molecular formula is C60H42N6S3. The van der Waals surface area contributed by atoms with Crippen molar-refractivity contribution in [3.05, 3.63) is 175 Å². The second-order valence-electron chi connectivity index (χ2n) is 20.9. The molecule has 3 aliphatic rings. The Bertz CT molecular complexity index is 4020. The number of nitrogens with zero attached hydrogens (tertiary/aromatic N) is 6. The molecule has 9 heteroatoms. The van der Waals surface area contributed by atoms with Gasteiger partial charge in [-0.25, -0.2) is 15.0 Å². The van der Waals surface area contributed by atoms with Gasteiger partial charge in [0, 0.05) is 79.9 Å². The molecule has 330 valence electrons. The van der Waals surface area contributed by atoms with Gasteiger partial charge in [0.1, 0.15) is 0 Å². The third-order valence-electron chi connectivity index (χ3n) is 16.2. The van der Waals surface area contributed by atoms with Crippen LogP contribution in [0.4, 0.5) is 0 Å². The van der Waals surface area contributed by atoms with Crippen molar-refractivity contribution >= 4 is 99.4 Å². The van der Waals surface area contributed by atoms with Gasteiger partial charge in [-0.2, -0.15) is 0 Å². The summed E-state index contributed by atoms with van der Waals surface area (Å²) in [5.41, 5.74) is 17.9. The van der Waals surface area contributed by atoms with Gasteiger partial charge in [-0.05, 0) is 106 Å². The minimum absolute atomic E-state index is 0.0991. The van der Waals surface area contributed by atoms with E-state index in [0.717, 1.165) is 16.7 Å². The summed E-state index contributed by atoms with van der Waals surface area (Å²) in [5.74, 6) is 1.96. The zero-order valence-electron chi connectivity index (χ0n) is 38.8. The van der Waals surface area contributed by atoms with Crippen LogP contribution >= 0.6 is 34.0 Å². The van der Waals surface area contributed by atoms with Crippen molar-refractivity contribution in [2.75, 3.05) is 0 Å². The molecule has 0 radical (unpaired) electrons. The number of fused-ring (bicyclic) bond motifs is 15. The fraction of sp³-hybridized carbons (Fsp3) is 0.150. The lowest BCUT2D eigenvalue weighted by Gasteiger charge is -2.32. The number of rotatable bonds is 3. The Morgan fingerprint density at radius 1 is 0.348 bits per heavy atom. The first-order valence-corrected chi connectivity index (χ1v) is 26.4.